The van der Waals surface area contributed by atoms with Crippen LogP contribution in [-0.2, 0) is 6.42 Å². The number of nitrogens with two attached hydrogens (primary N) is 1. The summed E-state index contributed by atoms with van der Waals surface area (Å²) in [6, 6.07) is 4.38. The van der Waals surface area contributed by atoms with Crippen LogP contribution in [0.15, 0.2) is 35.3 Å². The molecule has 0 saturated carbocycles. The first-order valence-electron chi connectivity index (χ1n) is 7.37. The zero-order valence-corrected chi connectivity index (χ0v) is 12.6. The summed E-state index contributed by atoms with van der Waals surface area (Å²) in [6.45, 7) is 6.60. The quantitative estimate of drug-likeness (QED) is 0.838. The van der Waals surface area contributed by atoms with E-state index in [0.29, 0.717) is 12.0 Å². The normalized spacial score (nSPS) is 14.7. The fraction of sp³-hybridized carbons (Fsp3) is 0.562. The van der Waals surface area contributed by atoms with Crippen LogP contribution in [0.1, 0.15) is 57.2 Å². The molecule has 4 heteroatoms. The summed E-state index contributed by atoms with van der Waals surface area (Å²) in [7, 11) is 0. The Labute approximate surface area is 121 Å². The minimum absolute atomic E-state index is 0.0589. The van der Waals surface area contributed by atoms with Gasteiger partial charge >= 0.3 is 0 Å². The molecule has 2 aromatic heterocycles. The van der Waals surface area contributed by atoms with E-state index in [0.717, 1.165) is 30.7 Å². The summed E-state index contributed by atoms with van der Waals surface area (Å²) in [5.41, 5.74) is 7.42. The molecule has 0 aliphatic rings. The third-order valence-electron chi connectivity index (χ3n) is 3.66. The topological polar surface area (TPSA) is 57.0 Å². The Kier molecular flexibility index (Phi) is 5.01. The first kappa shape index (κ1) is 14.9. The molecule has 0 amide bonds. The van der Waals surface area contributed by atoms with Crippen LogP contribution in [-0.4, -0.2) is 9.55 Å². The van der Waals surface area contributed by atoms with E-state index in [1.165, 1.54) is 0 Å². The van der Waals surface area contributed by atoms with E-state index in [1.54, 1.807) is 6.26 Å². The van der Waals surface area contributed by atoms with E-state index >= 15 is 0 Å². The lowest BCUT2D eigenvalue weighted by molar-refractivity contribution is 0.424. The minimum atomic E-state index is 0.0589. The van der Waals surface area contributed by atoms with Crippen LogP contribution in [0.4, 0.5) is 0 Å². The standard InChI is InChI=1S/C16H25N3O/c1-12(2)9-15(17)16-10-18-11-19(16)13(3)6-7-14-5-4-8-20-14/h4-5,8,10-13,15H,6-7,9,17H2,1-3H3. The molecule has 2 atom stereocenters. The smallest absolute Gasteiger partial charge is 0.103 e. The van der Waals surface area contributed by atoms with Crippen LogP contribution in [0.3, 0.4) is 0 Å². The molecule has 2 rings (SSSR count). The van der Waals surface area contributed by atoms with Gasteiger partial charge in [-0.2, -0.15) is 0 Å². The molecule has 0 aliphatic heterocycles. The van der Waals surface area contributed by atoms with E-state index in [1.807, 2.05) is 24.7 Å². The van der Waals surface area contributed by atoms with Crippen molar-refractivity contribution < 1.29 is 4.42 Å². The molecule has 0 bridgehead atoms. The van der Waals surface area contributed by atoms with E-state index < -0.39 is 0 Å². The van der Waals surface area contributed by atoms with Gasteiger partial charge in [-0.05, 0) is 37.8 Å². The van der Waals surface area contributed by atoms with Gasteiger partial charge in [-0.25, -0.2) is 4.98 Å². The number of furan rings is 1. The lowest BCUT2D eigenvalue weighted by Crippen LogP contribution is -2.19. The lowest BCUT2D eigenvalue weighted by Gasteiger charge is -2.21. The van der Waals surface area contributed by atoms with Crippen molar-refractivity contribution in [3.8, 4) is 0 Å². The van der Waals surface area contributed by atoms with E-state index in [2.05, 4.69) is 30.3 Å². The Bertz CT molecular complexity index is 502. The van der Waals surface area contributed by atoms with E-state index in [9.17, 15) is 0 Å². The molecule has 0 aromatic carbocycles. The van der Waals surface area contributed by atoms with Gasteiger partial charge in [0, 0.05) is 24.7 Å². The van der Waals surface area contributed by atoms with Crippen molar-refractivity contribution in [3.05, 3.63) is 42.4 Å². The van der Waals surface area contributed by atoms with E-state index in [-0.39, 0.29) is 6.04 Å². The largest absolute Gasteiger partial charge is 0.469 e. The fourth-order valence-corrected chi connectivity index (χ4v) is 2.54. The number of aromatic nitrogens is 2. The summed E-state index contributed by atoms with van der Waals surface area (Å²) >= 11 is 0. The van der Waals surface area contributed by atoms with Gasteiger partial charge in [-0.1, -0.05) is 13.8 Å². The van der Waals surface area contributed by atoms with Crippen LogP contribution in [0.5, 0.6) is 0 Å². The highest BCUT2D eigenvalue weighted by atomic mass is 16.3. The average Bonchev–Trinajstić information content (AvgIpc) is 3.06. The molecule has 4 nitrogen and oxygen atoms in total. The second-order valence-electron chi connectivity index (χ2n) is 5.93. The highest BCUT2D eigenvalue weighted by Gasteiger charge is 2.16. The van der Waals surface area contributed by atoms with Gasteiger partial charge in [0.2, 0.25) is 0 Å². The zero-order valence-electron chi connectivity index (χ0n) is 12.6. The number of nitrogens with zero attached hydrogens (tertiary/aromatic N) is 2. The fourth-order valence-electron chi connectivity index (χ4n) is 2.54. The first-order valence-corrected chi connectivity index (χ1v) is 7.37. The molecule has 0 saturated heterocycles. The van der Waals surface area contributed by atoms with Crippen molar-refractivity contribution in [3.63, 3.8) is 0 Å². The van der Waals surface area contributed by atoms with Gasteiger partial charge in [0.25, 0.3) is 0 Å². The highest BCUT2D eigenvalue weighted by Crippen LogP contribution is 2.23. The van der Waals surface area contributed by atoms with E-state index in [4.69, 9.17) is 10.2 Å². The highest BCUT2D eigenvalue weighted by molar-refractivity contribution is 5.06. The maximum absolute atomic E-state index is 6.29. The van der Waals surface area contributed by atoms with Crippen LogP contribution >= 0.6 is 0 Å². The molecule has 2 N–H and O–H groups in total. The summed E-state index contributed by atoms with van der Waals surface area (Å²) in [4.78, 5) is 4.28. The maximum atomic E-state index is 6.29. The second-order valence-corrected chi connectivity index (χ2v) is 5.93. The summed E-state index contributed by atoms with van der Waals surface area (Å²) in [5, 5.41) is 0. The predicted molar refractivity (Wildman–Crippen MR) is 80.4 cm³/mol. The molecule has 2 heterocycles. The Morgan fingerprint density at radius 1 is 1.35 bits per heavy atom. The molecule has 2 aromatic rings. The third kappa shape index (κ3) is 3.73. The minimum Gasteiger partial charge on any atom is -0.469 e. The molecule has 2 unspecified atom stereocenters. The van der Waals surface area contributed by atoms with Gasteiger partial charge in [0.05, 0.1) is 18.3 Å². The molecule has 0 fully saturated rings. The third-order valence-corrected chi connectivity index (χ3v) is 3.66. The summed E-state index contributed by atoms with van der Waals surface area (Å²) < 4.78 is 7.59. The van der Waals surface area contributed by atoms with Gasteiger partial charge in [-0.15, -0.1) is 0 Å². The molecular formula is C16H25N3O. The number of aryl methyl sites for hydroxylation is 1. The van der Waals surface area contributed by atoms with Crippen molar-refractivity contribution in [2.24, 2.45) is 11.7 Å². The maximum Gasteiger partial charge on any atom is 0.103 e. The molecule has 110 valence electrons. The number of hydrogen-bond donors (Lipinski definition) is 1. The van der Waals surface area contributed by atoms with Crippen molar-refractivity contribution in [2.45, 2.75) is 52.1 Å². The van der Waals surface area contributed by atoms with Gasteiger partial charge < -0.3 is 14.7 Å². The summed E-state index contributed by atoms with van der Waals surface area (Å²) in [6.07, 6.45) is 8.45. The van der Waals surface area contributed by atoms with Crippen molar-refractivity contribution in [2.75, 3.05) is 0 Å². The SMILES string of the molecule is CC(C)CC(N)c1cncn1C(C)CCc1ccco1. The Balaban J connectivity index is 1.99. The van der Waals surface area contributed by atoms with Crippen LogP contribution in [0, 0.1) is 5.92 Å². The molecule has 0 radical (unpaired) electrons. The lowest BCUT2D eigenvalue weighted by atomic mass is 10.0. The van der Waals surface area contributed by atoms with Gasteiger partial charge in [-0.3, -0.25) is 0 Å². The van der Waals surface area contributed by atoms with Crippen molar-refractivity contribution in [1.82, 2.24) is 9.55 Å². The second kappa shape index (κ2) is 6.75. The van der Waals surface area contributed by atoms with Gasteiger partial charge in [0.15, 0.2) is 0 Å². The average molecular weight is 275 g/mol. The zero-order chi connectivity index (χ0) is 14.5. The first-order chi connectivity index (χ1) is 9.58. The summed E-state index contributed by atoms with van der Waals surface area (Å²) in [5.74, 6) is 1.62. The van der Waals surface area contributed by atoms with Gasteiger partial charge in [0.1, 0.15) is 5.76 Å². The van der Waals surface area contributed by atoms with Crippen molar-refractivity contribution >= 4 is 0 Å². The van der Waals surface area contributed by atoms with Crippen LogP contribution < -0.4 is 5.73 Å². The van der Waals surface area contributed by atoms with Crippen molar-refractivity contribution in [1.29, 1.82) is 0 Å². The monoisotopic (exact) mass is 275 g/mol. The Hall–Kier alpha value is -1.55. The molecule has 20 heavy (non-hydrogen) atoms. The molecular weight excluding hydrogens is 250 g/mol. The molecule has 0 aliphatic carbocycles. The predicted octanol–water partition coefficient (Wildman–Crippen LogP) is 3.72. The number of rotatable bonds is 7. The Morgan fingerprint density at radius 3 is 2.80 bits per heavy atom. The van der Waals surface area contributed by atoms with Crippen LogP contribution in [0.25, 0.3) is 0 Å². The molecule has 0 spiro atoms. The number of hydrogen-bond acceptors (Lipinski definition) is 3. The number of imidazole rings is 1. The Morgan fingerprint density at radius 2 is 2.15 bits per heavy atom. The van der Waals surface area contributed by atoms with Crippen LogP contribution in [0.2, 0.25) is 0 Å².